The smallest absolute Gasteiger partial charge is 0.306 e. The third kappa shape index (κ3) is 1.88. The Balaban J connectivity index is 2.37. The maximum Gasteiger partial charge on any atom is 0.306 e. The first kappa shape index (κ1) is 11.0. The predicted octanol–water partition coefficient (Wildman–Crippen LogP) is 1.59. The Kier molecular flexibility index (Phi) is 2.83. The molecule has 86 valence electrons. The fourth-order valence-corrected chi connectivity index (χ4v) is 2.08. The van der Waals surface area contributed by atoms with Crippen molar-refractivity contribution in [2.75, 3.05) is 0 Å². The Morgan fingerprint density at radius 1 is 1.50 bits per heavy atom. The van der Waals surface area contributed by atoms with Crippen molar-refractivity contribution in [1.82, 2.24) is 0 Å². The van der Waals surface area contributed by atoms with E-state index in [2.05, 4.69) is 0 Å². The SMILES string of the molecule is CC(C(=O)O)C1CC(O)Oc2ccccc21. The van der Waals surface area contributed by atoms with E-state index in [-0.39, 0.29) is 5.92 Å². The molecule has 2 rings (SSSR count). The maximum absolute atomic E-state index is 11.0. The number of hydrogen-bond acceptors (Lipinski definition) is 3. The molecule has 0 saturated carbocycles. The standard InChI is InChI=1S/C12H14O4/c1-7(12(14)15)9-6-11(13)16-10-5-3-2-4-8(9)10/h2-5,7,9,11,13H,6H2,1H3,(H,14,15). The lowest BCUT2D eigenvalue weighted by Crippen LogP contribution is -2.30. The molecule has 2 N–H and O–H groups in total. The second kappa shape index (κ2) is 4.14. The zero-order valence-corrected chi connectivity index (χ0v) is 8.96. The number of aliphatic hydroxyl groups is 1. The van der Waals surface area contributed by atoms with Gasteiger partial charge in [-0.25, -0.2) is 0 Å². The molecular weight excluding hydrogens is 208 g/mol. The van der Waals surface area contributed by atoms with E-state index in [0.717, 1.165) is 5.56 Å². The van der Waals surface area contributed by atoms with Crippen molar-refractivity contribution in [3.8, 4) is 5.75 Å². The first-order valence-electron chi connectivity index (χ1n) is 5.26. The van der Waals surface area contributed by atoms with E-state index < -0.39 is 18.2 Å². The van der Waals surface area contributed by atoms with Crippen LogP contribution in [0, 0.1) is 5.92 Å². The fourth-order valence-electron chi connectivity index (χ4n) is 2.08. The second-order valence-electron chi connectivity index (χ2n) is 4.08. The normalized spacial score (nSPS) is 25.4. The van der Waals surface area contributed by atoms with Crippen molar-refractivity contribution in [3.63, 3.8) is 0 Å². The molecule has 3 atom stereocenters. The number of para-hydroxylation sites is 1. The van der Waals surface area contributed by atoms with Crippen molar-refractivity contribution in [3.05, 3.63) is 29.8 Å². The molecule has 0 aliphatic carbocycles. The van der Waals surface area contributed by atoms with Gasteiger partial charge in [0.05, 0.1) is 5.92 Å². The minimum atomic E-state index is -0.915. The lowest BCUT2D eigenvalue weighted by molar-refractivity contribution is -0.143. The third-order valence-electron chi connectivity index (χ3n) is 3.03. The van der Waals surface area contributed by atoms with Crippen LogP contribution in [0.1, 0.15) is 24.8 Å². The number of ether oxygens (including phenoxy) is 1. The van der Waals surface area contributed by atoms with Crippen LogP contribution in [0.25, 0.3) is 0 Å². The molecule has 0 saturated heterocycles. The lowest BCUT2D eigenvalue weighted by Gasteiger charge is -2.31. The van der Waals surface area contributed by atoms with Gasteiger partial charge in [0.15, 0.2) is 6.29 Å². The highest BCUT2D eigenvalue weighted by Gasteiger charge is 2.33. The summed E-state index contributed by atoms with van der Waals surface area (Å²) in [4.78, 5) is 11.0. The molecule has 1 aromatic rings. The number of hydrogen-bond donors (Lipinski definition) is 2. The fraction of sp³-hybridized carbons (Fsp3) is 0.417. The average molecular weight is 222 g/mol. The molecule has 16 heavy (non-hydrogen) atoms. The molecule has 0 bridgehead atoms. The molecule has 0 radical (unpaired) electrons. The van der Waals surface area contributed by atoms with E-state index in [4.69, 9.17) is 9.84 Å². The topological polar surface area (TPSA) is 66.8 Å². The summed E-state index contributed by atoms with van der Waals surface area (Å²) in [6, 6.07) is 7.26. The van der Waals surface area contributed by atoms with Crippen LogP contribution in [-0.2, 0) is 4.79 Å². The summed E-state index contributed by atoms with van der Waals surface area (Å²) < 4.78 is 5.25. The highest BCUT2D eigenvalue weighted by atomic mass is 16.6. The van der Waals surface area contributed by atoms with Crippen LogP contribution < -0.4 is 4.74 Å². The summed E-state index contributed by atoms with van der Waals surface area (Å²) in [5.74, 6) is -0.995. The van der Waals surface area contributed by atoms with Gasteiger partial charge in [-0.05, 0) is 11.6 Å². The van der Waals surface area contributed by atoms with Gasteiger partial charge in [0, 0.05) is 12.3 Å². The monoisotopic (exact) mass is 222 g/mol. The van der Waals surface area contributed by atoms with Crippen LogP contribution in [0.3, 0.4) is 0 Å². The van der Waals surface area contributed by atoms with Crippen LogP contribution in [0.4, 0.5) is 0 Å². The van der Waals surface area contributed by atoms with Crippen molar-refractivity contribution < 1.29 is 19.7 Å². The first-order valence-corrected chi connectivity index (χ1v) is 5.26. The summed E-state index contributed by atoms with van der Waals surface area (Å²) in [7, 11) is 0. The Morgan fingerprint density at radius 2 is 2.19 bits per heavy atom. The van der Waals surface area contributed by atoms with Gasteiger partial charge in [0.2, 0.25) is 0 Å². The highest BCUT2D eigenvalue weighted by Crippen LogP contribution is 2.39. The number of carboxylic acid groups (broad SMARTS) is 1. The van der Waals surface area contributed by atoms with Gasteiger partial charge < -0.3 is 14.9 Å². The Morgan fingerprint density at radius 3 is 2.88 bits per heavy atom. The average Bonchev–Trinajstić information content (AvgIpc) is 2.26. The molecule has 0 amide bonds. The molecule has 4 heteroatoms. The molecule has 1 aliphatic heterocycles. The minimum Gasteiger partial charge on any atom is -0.481 e. The van der Waals surface area contributed by atoms with Crippen molar-refractivity contribution in [2.45, 2.75) is 25.6 Å². The highest BCUT2D eigenvalue weighted by molar-refractivity contribution is 5.71. The van der Waals surface area contributed by atoms with Crippen LogP contribution in [0.5, 0.6) is 5.75 Å². The number of rotatable bonds is 2. The van der Waals surface area contributed by atoms with E-state index in [1.807, 2.05) is 12.1 Å². The van der Waals surface area contributed by atoms with Gasteiger partial charge in [-0.2, -0.15) is 0 Å². The van der Waals surface area contributed by atoms with Gasteiger partial charge in [-0.3, -0.25) is 4.79 Å². The number of fused-ring (bicyclic) bond motifs is 1. The Bertz CT molecular complexity index is 402. The molecule has 3 unspecified atom stereocenters. The van der Waals surface area contributed by atoms with Crippen LogP contribution in [0.15, 0.2) is 24.3 Å². The van der Waals surface area contributed by atoms with Crippen LogP contribution in [-0.4, -0.2) is 22.5 Å². The maximum atomic E-state index is 11.0. The molecular formula is C12H14O4. The number of aliphatic hydroxyl groups excluding tert-OH is 1. The van der Waals surface area contributed by atoms with Gasteiger partial charge in [0.1, 0.15) is 5.75 Å². The summed E-state index contributed by atoms with van der Waals surface area (Å²) in [5.41, 5.74) is 0.864. The van der Waals surface area contributed by atoms with Gasteiger partial charge in [-0.1, -0.05) is 25.1 Å². The van der Waals surface area contributed by atoms with Crippen molar-refractivity contribution in [1.29, 1.82) is 0 Å². The largest absolute Gasteiger partial charge is 0.481 e. The van der Waals surface area contributed by atoms with E-state index in [9.17, 15) is 9.90 Å². The zero-order chi connectivity index (χ0) is 11.7. The number of carbonyl (C=O) groups is 1. The number of aliphatic carboxylic acids is 1. The van der Waals surface area contributed by atoms with E-state index in [1.165, 1.54) is 0 Å². The zero-order valence-electron chi connectivity index (χ0n) is 8.96. The van der Waals surface area contributed by atoms with Crippen molar-refractivity contribution >= 4 is 5.97 Å². The van der Waals surface area contributed by atoms with Gasteiger partial charge in [0.25, 0.3) is 0 Å². The molecule has 0 aromatic heterocycles. The van der Waals surface area contributed by atoms with Crippen LogP contribution in [0.2, 0.25) is 0 Å². The van der Waals surface area contributed by atoms with Gasteiger partial charge in [-0.15, -0.1) is 0 Å². The van der Waals surface area contributed by atoms with E-state index >= 15 is 0 Å². The van der Waals surface area contributed by atoms with E-state index in [0.29, 0.717) is 12.2 Å². The molecule has 4 nitrogen and oxygen atoms in total. The second-order valence-corrected chi connectivity index (χ2v) is 4.08. The summed E-state index contributed by atoms with van der Waals surface area (Å²) in [6.07, 6.45) is -0.591. The number of carboxylic acids is 1. The van der Waals surface area contributed by atoms with Crippen LogP contribution >= 0.6 is 0 Å². The molecule has 1 aliphatic rings. The summed E-state index contributed by atoms with van der Waals surface area (Å²) >= 11 is 0. The quantitative estimate of drug-likeness (QED) is 0.797. The molecule has 1 heterocycles. The van der Waals surface area contributed by atoms with E-state index in [1.54, 1.807) is 19.1 Å². The third-order valence-corrected chi connectivity index (χ3v) is 3.03. The number of benzene rings is 1. The first-order chi connectivity index (χ1) is 7.59. The Labute approximate surface area is 93.5 Å². The molecule has 1 aromatic carbocycles. The summed E-state index contributed by atoms with van der Waals surface area (Å²) in [5, 5.41) is 18.6. The molecule has 0 spiro atoms. The molecule has 0 fully saturated rings. The van der Waals surface area contributed by atoms with Gasteiger partial charge >= 0.3 is 5.97 Å². The minimum absolute atomic E-state index is 0.197. The lowest BCUT2D eigenvalue weighted by atomic mass is 9.82. The Hall–Kier alpha value is -1.55. The summed E-state index contributed by atoms with van der Waals surface area (Å²) in [6.45, 7) is 1.65. The van der Waals surface area contributed by atoms with Crippen molar-refractivity contribution in [2.24, 2.45) is 5.92 Å². The predicted molar refractivity (Wildman–Crippen MR) is 57.2 cm³/mol.